The summed E-state index contributed by atoms with van der Waals surface area (Å²) in [6.07, 6.45) is 3.45. The topological polar surface area (TPSA) is 35.0 Å². The molecule has 3 nitrogen and oxygen atoms in total. The number of nitrogens with zero attached hydrogens (tertiary/aromatic N) is 2. The van der Waals surface area contributed by atoms with Crippen LogP contribution >= 0.6 is 0 Å². The second-order valence-electron chi connectivity index (χ2n) is 3.68. The van der Waals surface area contributed by atoms with Gasteiger partial charge in [0.05, 0.1) is 0 Å². The maximum Gasteiger partial charge on any atom is 0.125 e. The molecule has 0 amide bonds. The van der Waals surface area contributed by atoms with E-state index in [9.17, 15) is 0 Å². The van der Waals surface area contributed by atoms with Gasteiger partial charge in [0, 0.05) is 12.4 Å². The van der Waals surface area contributed by atoms with E-state index >= 15 is 0 Å². The van der Waals surface area contributed by atoms with Crippen LogP contribution in [0.15, 0.2) is 36.7 Å². The normalized spacial score (nSPS) is 11.4. The highest BCUT2D eigenvalue weighted by molar-refractivity contribution is 5.39. The summed E-state index contributed by atoms with van der Waals surface area (Å²) in [5.74, 6) is 1.87. The van der Waals surface area contributed by atoms with E-state index in [1.54, 1.807) is 18.5 Å². The van der Waals surface area contributed by atoms with Gasteiger partial charge in [-0.2, -0.15) is 0 Å². The van der Waals surface area contributed by atoms with Crippen molar-refractivity contribution in [3.63, 3.8) is 0 Å². The van der Waals surface area contributed by atoms with E-state index in [4.69, 9.17) is 4.74 Å². The minimum atomic E-state index is 0.767. The Bertz CT molecular complexity index is 469. The number of fused-ring (bicyclic) bond motifs is 2. The van der Waals surface area contributed by atoms with E-state index in [2.05, 4.69) is 35.1 Å². The monoisotopic (exact) mass is 214 g/mol. The van der Waals surface area contributed by atoms with Gasteiger partial charge in [-0.05, 0) is 37.1 Å². The molecule has 16 heavy (non-hydrogen) atoms. The summed E-state index contributed by atoms with van der Waals surface area (Å²) < 4.78 is 5.31. The molecule has 0 radical (unpaired) electrons. The third-order valence-electron chi connectivity index (χ3n) is 2.34. The lowest BCUT2D eigenvalue weighted by molar-refractivity contribution is 0.326. The van der Waals surface area contributed by atoms with Crippen LogP contribution in [0.1, 0.15) is 17.0 Å². The van der Waals surface area contributed by atoms with Gasteiger partial charge in [0.1, 0.15) is 18.2 Å². The second kappa shape index (κ2) is 4.75. The summed E-state index contributed by atoms with van der Waals surface area (Å²) in [6.45, 7) is 4.69. The molecule has 0 atom stereocenters. The molecule has 0 saturated heterocycles. The van der Waals surface area contributed by atoms with Gasteiger partial charge in [-0.3, -0.25) is 0 Å². The summed E-state index contributed by atoms with van der Waals surface area (Å²) in [5, 5.41) is 0. The first-order chi connectivity index (χ1) is 7.75. The molecular formula is C13H14N2O. The van der Waals surface area contributed by atoms with E-state index in [1.807, 2.05) is 6.92 Å². The average Bonchev–Trinajstić information content (AvgIpc) is 2.70. The minimum absolute atomic E-state index is 0.767. The number of aryl methyl sites for hydroxylation is 2. The molecule has 2 aromatic rings. The Hall–Kier alpha value is -1.90. The maximum absolute atomic E-state index is 5.31. The number of hydrogen-bond acceptors (Lipinski definition) is 3. The molecule has 0 fully saturated rings. The van der Waals surface area contributed by atoms with Gasteiger partial charge in [0.15, 0.2) is 0 Å². The Labute approximate surface area is 95.1 Å². The van der Waals surface area contributed by atoms with Gasteiger partial charge in [-0.25, -0.2) is 9.97 Å². The number of rotatable bonds is 0. The molecule has 3 rings (SSSR count). The minimum Gasteiger partial charge on any atom is -0.489 e. The molecule has 1 aliphatic heterocycles. The van der Waals surface area contributed by atoms with Gasteiger partial charge in [-0.15, -0.1) is 0 Å². The molecule has 0 unspecified atom stereocenters. The highest BCUT2D eigenvalue weighted by atomic mass is 16.5. The molecule has 2 heterocycles. The van der Waals surface area contributed by atoms with Gasteiger partial charge in [-0.1, -0.05) is 12.1 Å². The lowest BCUT2D eigenvalue weighted by atomic mass is 10.2. The van der Waals surface area contributed by atoms with Gasteiger partial charge >= 0.3 is 0 Å². The molecule has 1 aromatic carbocycles. The van der Waals surface area contributed by atoms with Crippen molar-refractivity contribution in [2.75, 3.05) is 0 Å². The fourth-order valence-corrected chi connectivity index (χ4v) is 1.42. The first-order valence-corrected chi connectivity index (χ1v) is 5.21. The zero-order chi connectivity index (χ0) is 11.4. The predicted molar refractivity (Wildman–Crippen MR) is 62.3 cm³/mol. The lowest BCUT2D eigenvalue weighted by Crippen LogP contribution is -1.82. The standard InChI is InChI=1S/C8H8O.C5H6N2/c1-6-2-3-7-4-8(6)9-5-7;1-5-6-3-2-4-7-5/h2-4H,5H2,1H3;2-4H,1H3. The summed E-state index contributed by atoms with van der Waals surface area (Å²) >= 11 is 0. The third kappa shape index (κ3) is 2.57. The van der Waals surface area contributed by atoms with Crippen molar-refractivity contribution in [3.8, 4) is 5.75 Å². The van der Waals surface area contributed by atoms with Crippen molar-refractivity contribution in [1.82, 2.24) is 9.97 Å². The van der Waals surface area contributed by atoms with E-state index in [0.29, 0.717) is 0 Å². The lowest BCUT2D eigenvalue weighted by Gasteiger charge is -1.94. The Balaban J connectivity index is 0.000000125. The van der Waals surface area contributed by atoms with E-state index in [-0.39, 0.29) is 0 Å². The van der Waals surface area contributed by atoms with Crippen molar-refractivity contribution in [3.05, 3.63) is 53.6 Å². The van der Waals surface area contributed by atoms with Crippen molar-refractivity contribution in [2.24, 2.45) is 0 Å². The highest BCUT2D eigenvalue weighted by Crippen LogP contribution is 2.25. The van der Waals surface area contributed by atoms with E-state index in [1.165, 1.54) is 11.1 Å². The zero-order valence-electron chi connectivity index (χ0n) is 9.47. The quantitative estimate of drug-likeness (QED) is 0.676. The predicted octanol–water partition coefficient (Wildman–Crippen LogP) is 2.67. The molecule has 0 N–H and O–H groups in total. The maximum atomic E-state index is 5.31. The number of hydrogen-bond donors (Lipinski definition) is 0. The van der Waals surface area contributed by atoms with Crippen molar-refractivity contribution < 1.29 is 4.74 Å². The molecule has 3 heteroatoms. The van der Waals surface area contributed by atoms with E-state index < -0.39 is 0 Å². The van der Waals surface area contributed by atoms with Crippen LogP contribution in [0.25, 0.3) is 0 Å². The largest absolute Gasteiger partial charge is 0.489 e. The Morgan fingerprint density at radius 2 is 1.88 bits per heavy atom. The fraction of sp³-hybridized carbons (Fsp3) is 0.231. The number of benzene rings is 1. The number of ether oxygens (including phenoxy) is 1. The van der Waals surface area contributed by atoms with Crippen molar-refractivity contribution in [2.45, 2.75) is 20.5 Å². The van der Waals surface area contributed by atoms with Crippen LogP contribution in [0.3, 0.4) is 0 Å². The summed E-state index contributed by atoms with van der Waals surface area (Å²) in [5.41, 5.74) is 2.52. The summed E-state index contributed by atoms with van der Waals surface area (Å²) in [7, 11) is 0. The Morgan fingerprint density at radius 3 is 2.44 bits per heavy atom. The highest BCUT2D eigenvalue weighted by Gasteiger charge is 2.08. The molecule has 0 aliphatic carbocycles. The molecule has 0 spiro atoms. The van der Waals surface area contributed by atoms with Gasteiger partial charge in [0.2, 0.25) is 0 Å². The average molecular weight is 214 g/mol. The smallest absolute Gasteiger partial charge is 0.125 e. The summed E-state index contributed by atoms with van der Waals surface area (Å²) in [6, 6.07) is 8.09. The molecular weight excluding hydrogens is 200 g/mol. The molecule has 82 valence electrons. The second-order valence-corrected chi connectivity index (χ2v) is 3.68. The van der Waals surface area contributed by atoms with Crippen molar-refractivity contribution in [1.29, 1.82) is 0 Å². The van der Waals surface area contributed by atoms with Gasteiger partial charge < -0.3 is 4.74 Å². The third-order valence-corrected chi connectivity index (χ3v) is 2.34. The fourth-order valence-electron chi connectivity index (χ4n) is 1.42. The van der Waals surface area contributed by atoms with Crippen LogP contribution in [0.5, 0.6) is 5.75 Å². The molecule has 1 aliphatic rings. The first-order valence-electron chi connectivity index (χ1n) is 5.21. The Kier molecular flexibility index (Phi) is 3.15. The van der Waals surface area contributed by atoms with Crippen LogP contribution in [-0.2, 0) is 6.61 Å². The zero-order valence-corrected chi connectivity index (χ0v) is 9.47. The number of aromatic nitrogens is 2. The Morgan fingerprint density at radius 1 is 1.12 bits per heavy atom. The summed E-state index contributed by atoms with van der Waals surface area (Å²) in [4.78, 5) is 7.74. The van der Waals surface area contributed by atoms with E-state index in [0.717, 1.165) is 18.2 Å². The molecule has 1 aromatic heterocycles. The van der Waals surface area contributed by atoms with Gasteiger partial charge in [0.25, 0.3) is 0 Å². The van der Waals surface area contributed by atoms with Crippen LogP contribution in [0, 0.1) is 13.8 Å². The molecule has 2 bridgehead atoms. The SMILES string of the molecule is Cc1ccc2cc1OC2.Cc1ncccn1. The van der Waals surface area contributed by atoms with Crippen LogP contribution in [0.4, 0.5) is 0 Å². The van der Waals surface area contributed by atoms with Crippen LogP contribution < -0.4 is 4.74 Å². The molecule has 0 saturated carbocycles. The first kappa shape index (κ1) is 10.6. The van der Waals surface area contributed by atoms with Crippen LogP contribution in [0.2, 0.25) is 0 Å². The van der Waals surface area contributed by atoms with Crippen LogP contribution in [-0.4, -0.2) is 9.97 Å². The van der Waals surface area contributed by atoms with Crippen molar-refractivity contribution >= 4 is 0 Å².